The lowest BCUT2D eigenvalue weighted by atomic mass is 10.2. The molecule has 0 aliphatic rings. The second-order valence-corrected chi connectivity index (χ2v) is 6.21. The molecule has 0 saturated heterocycles. The number of hydrogen-bond donors (Lipinski definition) is 2. The zero-order valence-electron chi connectivity index (χ0n) is 14.4. The summed E-state index contributed by atoms with van der Waals surface area (Å²) >= 11 is 6.04. The van der Waals surface area contributed by atoms with E-state index in [0.29, 0.717) is 11.8 Å². The van der Waals surface area contributed by atoms with Crippen molar-refractivity contribution in [2.24, 2.45) is 7.05 Å². The van der Waals surface area contributed by atoms with E-state index in [0.717, 1.165) is 16.8 Å². The molecule has 0 amide bonds. The summed E-state index contributed by atoms with van der Waals surface area (Å²) in [6, 6.07) is 1.81. The molecule has 0 bridgehead atoms. The molecule has 3 heterocycles. The smallest absolute Gasteiger partial charge is 0.386 e. The predicted molar refractivity (Wildman–Crippen MR) is 94.3 cm³/mol. The number of nitrogens with one attached hydrogen (secondary N) is 1. The average molecular weight is 415 g/mol. The first-order chi connectivity index (χ1) is 13.2. The van der Waals surface area contributed by atoms with Crippen molar-refractivity contribution in [3.63, 3.8) is 0 Å². The molecule has 0 aliphatic carbocycles. The summed E-state index contributed by atoms with van der Waals surface area (Å²) < 4.78 is 40.2. The zero-order chi connectivity index (χ0) is 20.5. The number of alkyl halides is 3. The van der Waals surface area contributed by atoms with Crippen LogP contribution in [0.5, 0.6) is 0 Å². The highest BCUT2D eigenvalue weighted by molar-refractivity contribution is 6.32. The molecule has 148 valence electrons. The Balaban J connectivity index is 1.78. The zero-order valence-corrected chi connectivity index (χ0v) is 15.1. The number of aromatic nitrogens is 5. The standard InChI is InChI=1S/C16H14ClF3N6O2/c1-25-8-9(4-23-25)12(27)7-21-11-6-24-26(15(28)14(11)17)13-3-2-10(5-22-13)16(18,19)20/h2-6,8,12,21,27H,7H2,1H3. The minimum absolute atomic E-state index is 0.0368. The summed E-state index contributed by atoms with van der Waals surface area (Å²) in [5.41, 5.74) is -0.980. The van der Waals surface area contributed by atoms with Gasteiger partial charge >= 0.3 is 6.18 Å². The molecule has 3 rings (SSSR count). The van der Waals surface area contributed by atoms with E-state index < -0.39 is 23.4 Å². The van der Waals surface area contributed by atoms with E-state index in [1.165, 1.54) is 17.1 Å². The van der Waals surface area contributed by atoms with E-state index in [1.54, 1.807) is 13.2 Å². The van der Waals surface area contributed by atoms with E-state index in [4.69, 9.17) is 11.6 Å². The summed E-state index contributed by atoms with van der Waals surface area (Å²) in [6.45, 7) is 0.0368. The molecule has 1 atom stereocenters. The molecule has 0 saturated carbocycles. The molecule has 3 aromatic rings. The molecule has 8 nitrogen and oxygen atoms in total. The van der Waals surface area contributed by atoms with Crippen molar-refractivity contribution >= 4 is 17.3 Å². The van der Waals surface area contributed by atoms with Crippen molar-refractivity contribution in [2.75, 3.05) is 11.9 Å². The highest BCUT2D eigenvalue weighted by Crippen LogP contribution is 2.28. The molecule has 0 aromatic carbocycles. The van der Waals surface area contributed by atoms with Gasteiger partial charge in [0, 0.05) is 31.5 Å². The Morgan fingerprint density at radius 1 is 1.25 bits per heavy atom. The first kappa shape index (κ1) is 19.8. The number of pyridine rings is 1. The van der Waals surface area contributed by atoms with Gasteiger partial charge in [-0.2, -0.15) is 28.1 Å². The summed E-state index contributed by atoms with van der Waals surface area (Å²) in [6.07, 6.45) is -0.471. The maximum absolute atomic E-state index is 12.6. The van der Waals surface area contributed by atoms with Crippen LogP contribution < -0.4 is 10.9 Å². The van der Waals surface area contributed by atoms with Crippen molar-refractivity contribution in [3.05, 3.63) is 63.4 Å². The molecule has 0 aliphatic heterocycles. The lowest BCUT2D eigenvalue weighted by Crippen LogP contribution is -2.24. The van der Waals surface area contributed by atoms with E-state index >= 15 is 0 Å². The number of aliphatic hydroxyl groups is 1. The van der Waals surface area contributed by atoms with Crippen molar-refractivity contribution in [1.29, 1.82) is 0 Å². The summed E-state index contributed by atoms with van der Waals surface area (Å²) in [7, 11) is 1.71. The first-order valence-electron chi connectivity index (χ1n) is 7.88. The van der Waals surface area contributed by atoms with Gasteiger partial charge in [-0.1, -0.05) is 11.6 Å². The van der Waals surface area contributed by atoms with Gasteiger partial charge in [0.15, 0.2) is 5.82 Å². The maximum Gasteiger partial charge on any atom is 0.417 e. The van der Waals surface area contributed by atoms with Gasteiger partial charge in [0.05, 0.1) is 29.7 Å². The average Bonchev–Trinajstić information content (AvgIpc) is 3.09. The molecule has 0 fully saturated rings. The van der Waals surface area contributed by atoms with Crippen LogP contribution in [0.15, 0.2) is 41.7 Å². The Morgan fingerprint density at radius 3 is 2.57 bits per heavy atom. The predicted octanol–water partition coefficient (Wildman–Crippen LogP) is 2.18. The minimum atomic E-state index is -4.54. The van der Waals surface area contributed by atoms with Crippen LogP contribution in [0.25, 0.3) is 5.82 Å². The SMILES string of the molecule is Cn1cc(C(O)CNc2cnn(-c3ccc(C(F)(F)F)cn3)c(=O)c2Cl)cn1. The van der Waals surface area contributed by atoms with Crippen LogP contribution in [-0.2, 0) is 13.2 Å². The molecule has 0 spiro atoms. The van der Waals surface area contributed by atoms with Gasteiger partial charge in [-0.3, -0.25) is 9.48 Å². The Kier molecular flexibility index (Phi) is 5.38. The number of halogens is 4. The molecular formula is C16H14ClF3N6O2. The van der Waals surface area contributed by atoms with Crippen LogP contribution in [0.1, 0.15) is 17.2 Å². The first-order valence-corrected chi connectivity index (χ1v) is 8.26. The van der Waals surface area contributed by atoms with Crippen LogP contribution in [0, 0.1) is 0 Å². The lowest BCUT2D eigenvalue weighted by molar-refractivity contribution is -0.137. The minimum Gasteiger partial charge on any atom is -0.386 e. The van der Waals surface area contributed by atoms with Crippen LogP contribution in [0.2, 0.25) is 5.02 Å². The van der Waals surface area contributed by atoms with Crippen LogP contribution >= 0.6 is 11.6 Å². The Labute approximate surface area is 161 Å². The molecular weight excluding hydrogens is 401 g/mol. The fraction of sp³-hybridized carbons (Fsp3) is 0.250. The van der Waals surface area contributed by atoms with Crippen LogP contribution in [-0.4, -0.2) is 36.2 Å². The van der Waals surface area contributed by atoms with Crippen molar-refractivity contribution in [2.45, 2.75) is 12.3 Å². The van der Waals surface area contributed by atoms with Gasteiger partial charge in [-0.25, -0.2) is 4.98 Å². The quantitative estimate of drug-likeness (QED) is 0.664. The Morgan fingerprint density at radius 2 is 2.00 bits per heavy atom. The fourth-order valence-corrected chi connectivity index (χ4v) is 2.53. The molecule has 12 heteroatoms. The second-order valence-electron chi connectivity index (χ2n) is 5.84. The molecule has 1 unspecified atom stereocenters. The van der Waals surface area contributed by atoms with Crippen LogP contribution in [0.3, 0.4) is 0 Å². The van der Waals surface area contributed by atoms with Crippen molar-refractivity contribution in [1.82, 2.24) is 24.5 Å². The fourth-order valence-electron chi connectivity index (χ4n) is 2.33. The largest absolute Gasteiger partial charge is 0.417 e. The Bertz CT molecular complexity index is 1030. The molecule has 3 aromatic heterocycles. The van der Waals surface area contributed by atoms with E-state index in [9.17, 15) is 23.1 Å². The number of aryl methyl sites for hydroxylation is 1. The number of anilines is 1. The third-order valence-electron chi connectivity index (χ3n) is 3.81. The van der Waals surface area contributed by atoms with Gasteiger partial charge in [-0.05, 0) is 12.1 Å². The van der Waals surface area contributed by atoms with Crippen molar-refractivity contribution < 1.29 is 18.3 Å². The molecule has 0 radical (unpaired) electrons. The Hall–Kier alpha value is -2.92. The maximum atomic E-state index is 12.6. The van der Waals surface area contributed by atoms with E-state index in [2.05, 4.69) is 20.5 Å². The third-order valence-corrected chi connectivity index (χ3v) is 4.17. The van der Waals surface area contributed by atoms with Crippen molar-refractivity contribution in [3.8, 4) is 5.82 Å². The number of hydrogen-bond acceptors (Lipinski definition) is 6. The number of aliphatic hydroxyl groups excluding tert-OH is 1. The second kappa shape index (κ2) is 7.60. The molecule has 28 heavy (non-hydrogen) atoms. The van der Waals surface area contributed by atoms with Crippen LogP contribution in [0.4, 0.5) is 18.9 Å². The van der Waals surface area contributed by atoms with Gasteiger partial charge < -0.3 is 10.4 Å². The number of rotatable bonds is 5. The third kappa shape index (κ3) is 4.15. The van der Waals surface area contributed by atoms with E-state index in [1.807, 2.05) is 0 Å². The van der Waals surface area contributed by atoms with Gasteiger partial charge in [0.1, 0.15) is 5.02 Å². The summed E-state index contributed by atoms with van der Waals surface area (Å²) in [4.78, 5) is 16.0. The van der Waals surface area contributed by atoms with Gasteiger partial charge in [0.25, 0.3) is 5.56 Å². The summed E-state index contributed by atoms with van der Waals surface area (Å²) in [5, 5.41) is 20.5. The van der Waals surface area contributed by atoms with Gasteiger partial charge in [-0.15, -0.1) is 0 Å². The van der Waals surface area contributed by atoms with E-state index in [-0.39, 0.29) is 23.1 Å². The summed E-state index contributed by atoms with van der Waals surface area (Å²) in [5.74, 6) is -0.109. The number of nitrogens with zero attached hydrogens (tertiary/aromatic N) is 5. The monoisotopic (exact) mass is 414 g/mol. The highest BCUT2D eigenvalue weighted by atomic mass is 35.5. The highest BCUT2D eigenvalue weighted by Gasteiger charge is 2.30. The normalized spacial score (nSPS) is 12.8. The topological polar surface area (TPSA) is 97.9 Å². The van der Waals surface area contributed by atoms with Gasteiger partial charge in [0.2, 0.25) is 0 Å². The lowest BCUT2D eigenvalue weighted by Gasteiger charge is -2.13. The molecule has 2 N–H and O–H groups in total.